The molecule has 1 aromatic rings. The maximum atomic E-state index is 11.6. The molecule has 0 bridgehead atoms. The van der Waals surface area contributed by atoms with Gasteiger partial charge in [0.1, 0.15) is 0 Å². The van der Waals surface area contributed by atoms with Crippen LogP contribution in [0.4, 0.5) is 0 Å². The van der Waals surface area contributed by atoms with Crippen LogP contribution in [-0.4, -0.2) is 22.9 Å². The van der Waals surface area contributed by atoms with Crippen LogP contribution in [0.1, 0.15) is 24.2 Å². The van der Waals surface area contributed by atoms with Gasteiger partial charge in [0.15, 0.2) is 0 Å². The van der Waals surface area contributed by atoms with Crippen molar-refractivity contribution in [3.8, 4) is 0 Å². The molecule has 0 saturated carbocycles. The van der Waals surface area contributed by atoms with Gasteiger partial charge in [0, 0.05) is 12.4 Å². The summed E-state index contributed by atoms with van der Waals surface area (Å²) < 4.78 is 0. The van der Waals surface area contributed by atoms with Gasteiger partial charge in [0.25, 0.3) is 5.91 Å². The molecular weight excluding hydrogens is 208 g/mol. The number of rotatable bonds is 4. The molecular formula is C11H13N2O3-. The van der Waals surface area contributed by atoms with E-state index in [1.807, 2.05) is 0 Å². The van der Waals surface area contributed by atoms with Gasteiger partial charge in [-0.1, -0.05) is 13.8 Å². The Balaban J connectivity index is 2.74. The van der Waals surface area contributed by atoms with Crippen LogP contribution in [0.5, 0.6) is 0 Å². The Morgan fingerprint density at radius 2 is 2.12 bits per heavy atom. The van der Waals surface area contributed by atoms with Gasteiger partial charge in [-0.05, 0) is 18.1 Å². The van der Waals surface area contributed by atoms with Crippen LogP contribution in [0, 0.1) is 5.92 Å². The first-order chi connectivity index (χ1) is 7.52. The first kappa shape index (κ1) is 12.2. The van der Waals surface area contributed by atoms with Crippen molar-refractivity contribution in [3.63, 3.8) is 0 Å². The van der Waals surface area contributed by atoms with E-state index < -0.39 is 17.9 Å². The third-order valence-electron chi connectivity index (χ3n) is 2.13. The molecule has 16 heavy (non-hydrogen) atoms. The minimum atomic E-state index is -1.28. The molecule has 1 rings (SSSR count). The van der Waals surface area contributed by atoms with Gasteiger partial charge in [0.05, 0.1) is 17.6 Å². The van der Waals surface area contributed by atoms with Crippen LogP contribution in [0.2, 0.25) is 0 Å². The maximum Gasteiger partial charge on any atom is 0.253 e. The number of pyridine rings is 1. The predicted molar refractivity (Wildman–Crippen MR) is 55.3 cm³/mol. The van der Waals surface area contributed by atoms with Crippen molar-refractivity contribution in [2.75, 3.05) is 0 Å². The van der Waals surface area contributed by atoms with Crippen molar-refractivity contribution in [3.05, 3.63) is 30.1 Å². The van der Waals surface area contributed by atoms with E-state index in [4.69, 9.17) is 0 Å². The summed E-state index contributed by atoms with van der Waals surface area (Å²) in [7, 11) is 0. The zero-order valence-electron chi connectivity index (χ0n) is 9.14. The van der Waals surface area contributed by atoms with Gasteiger partial charge in [0.2, 0.25) is 0 Å². The molecule has 1 amide bonds. The van der Waals surface area contributed by atoms with E-state index in [1.54, 1.807) is 26.0 Å². The first-order valence-corrected chi connectivity index (χ1v) is 4.94. The molecule has 0 aliphatic heterocycles. The lowest BCUT2D eigenvalue weighted by atomic mass is 10.0. The van der Waals surface area contributed by atoms with E-state index in [2.05, 4.69) is 10.3 Å². The molecule has 1 N–H and O–H groups in total. The van der Waals surface area contributed by atoms with Crippen molar-refractivity contribution in [2.45, 2.75) is 19.9 Å². The molecule has 0 radical (unpaired) electrons. The minimum Gasteiger partial charge on any atom is -0.548 e. The Labute approximate surface area is 93.5 Å². The highest BCUT2D eigenvalue weighted by Gasteiger charge is 2.17. The summed E-state index contributed by atoms with van der Waals surface area (Å²) in [5.41, 5.74) is 0.328. The van der Waals surface area contributed by atoms with Crippen molar-refractivity contribution in [1.82, 2.24) is 10.3 Å². The number of nitrogens with zero attached hydrogens (tertiary/aromatic N) is 1. The zero-order chi connectivity index (χ0) is 12.1. The van der Waals surface area contributed by atoms with E-state index in [1.165, 1.54) is 12.4 Å². The number of nitrogens with one attached hydrogen (secondary N) is 1. The number of hydrogen-bond acceptors (Lipinski definition) is 4. The number of amides is 1. The van der Waals surface area contributed by atoms with Gasteiger partial charge in [-0.25, -0.2) is 0 Å². The molecule has 0 saturated heterocycles. The normalized spacial score (nSPS) is 12.2. The summed E-state index contributed by atoms with van der Waals surface area (Å²) in [5, 5.41) is 13.2. The highest BCUT2D eigenvalue weighted by atomic mass is 16.4. The van der Waals surface area contributed by atoms with Crippen molar-refractivity contribution in [2.24, 2.45) is 5.92 Å². The number of hydrogen-bond donors (Lipinski definition) is 1. The second kappa shape index (κ2) is 5.25. The Morgan fingerprint density at radius 3 is 2.56 bits per heavy atom. The lowest BCUT2D eigenvalue weighted by molar-refractivity contribution is -0.309. The molecule has 5 heteroatoms. The SMILES string of the molecule is CC(C)[C@H](NC(=O)c1cccnc1)C(=O)[O-]. The number of carboxylic acid groups (broad SMARTS) is 1. The Hall–Kier alpha value is -1.91. The maximum absolute atomic E-state index is 11.6. The van der Waals surface area contributed by atoms with Crippen LogP contribution in [0.15, 0.2) is 24.5 Å². The van der Waals surface area contributed by atoms with Gasteiger partial charge >= 0.3 is 0 Å². The number of carbonyl (C=O) groups is 2. The molecule has 1 aromatic heterocycles. The van der Waals surface area contributed by atoms with Crippen LogP contribution in [-0.2, 0) is 4.79 Å². The number of aliphatic carboxylic acids is 1. The van der Waals surface area contributed by atoms with Crippen LogP contribution in [0.25, 0.3) is 0 Å². The standard InChI is InChI=1S/C11H14N2O3/c1-7(2)9(11(15)16)13-10(14)8-4-3-5-12-6-8/h3-7,9H,1-2H3,(H,13,14)(H,15,16)/p-1/t9-/m0/s1. The van der Waals surface area contributed by atoms with Crippen LogP contribution in [0.3, 0.4) is 0 Å². The van der Waals surface area contributed by atoms with Gasteiger partial charge in [-0.15, -0.1) is 0 Å². The number of aromatic nitrogens is 1. The average Bonchev–Trinajstić information content (AvgIpc) is 2.25. The van der Waals surface area contributed by atoms with E-state index >= 15 is 0 Å². The third kappa shape index (κ3) is 3.05. The molecule has 86 valence electrons. The number of carboxylic acids is 1. The Morgan fingerprint density at radius 1 is 1.44 bits per heavy atom. The third-order valence-corrected chi connectivity index (χ3v) is 2.13. The lowest BCUT2D eigenvalue weighted by Gasteiger charge is -2.23. The summed E-state index contributed by atoms with van der Waals surface area (Å²) in [6.07, 6.45) is 2.91. The first-order valence-electron chi connectivity index (χ1n) is 4.94. The fourth-order valence-electron chi connectivity index (χ4n) is 1.22. The summed E-state index contributed by atoms with van der Waals surface area (Å²) in [6, 6.07) is 2.18. The molecule has 0 aliphatic rings. The van der Waals surface area contributed by atoms with Gasteiger partial charge in [-0.2, -0.15) is 0 Å². The van der Waals surface area contributed by atoms with E-state index in [0.29, 0.717) is 5.56 Å². The number of carbonyl (C=O) groups excluding carboxylic acids is 2. The summed E-state index contributed by atoms with van der Waals surface area (Å²) in [5.74, 6) is -1.98. The highest BCUT2D eigenvalue weighted by molar-refractivity contribution is 5.96. The predicted octanol–water partition coefficient (Wildman–Crippen LogP) is -0.414. The Bertz CT molecular complexity index is 376. The Kier molecular flexibility index (Phi) is 3.99. The summed E-state index contributed by atoms with van der Waals surface area (Å²) in [6.45, 7) is 3.40. The van der Waals surface area contributed by atoms with Crippen molar-refractivity contribution < 1.29 is 14.7 Å². The lowest BCUT2D eigenvalue weighted by Crippen LogP contribution is -2.50. The van der Waals surface area contributed by atoms with Crippen molar-refractivity contribution >= 4 is 11.9 Å². The van der Waals surface area contributed by atoms with E-state index in [-0.39, 0.29) is 5.92 Å². The topological polar surface area (TPSA) is 82.1 Å². The van der Waals surface area contributed by atoms with E-state index in [9.17, 15) is 14.7 Å². The quantitative estimate of drug-likeness (QED) is 0.749. The summed E-state index contributed by atoms with van der Waals surface area (Å²) in [4.78, 5) is 26.2. The monoisotopic (exact) mass is 221 g/mol. The molecule has 0 fully saturated rings. The second-order valence-electron chi connectivity index (χ2n) is 3.76. The molecule has 0 spiro atoms. The molecule has 0 unspecified atom stereocenters. The molecule has 1 heterocycles. The largest absolute Gasteiger partial charge is 0.548 e. The highest BCUT2D eigenvalue weighted by Crippen LogP contribution is 2.03. The van der Waals surface area contributed by atoms with Crippen molar-refractivity contribution in [1.29, 1.82) is 0 Å². The summed E-state index contributed by atoms with van der Waals surface area (Å²) >= 11 is 0. The fourth-order valence-corrected chi connectivity index (χ4v) is 1.22. The molecule has 0 aliphatic carbocycles. The minimum absolute atomic E-state index is 0.231. The molecule has 1 atom stereocenters. The van der Waals surface area contributed by atoms with Crippen LogP contribution < -0.4 is 10.4 Å². The van der Waals surface area contributed by atoms with E-state index in [0.717, 1.165) is 0 Å². The van der Waals surface area contributed by atoms with Gasteiger partial charge in [-0.3, -0.25) is 9.78 Å². The molecule has 5 nitrogen and oxygen atoms in total. The zero-order valence-corrected chi connectivity index (χ0v) is 9.14. The second-order valence-corrected chi connectivity index (χ2v) is 3.76. The van der Waals surface area contributed by atoms with Crippen LogP contribution >= 0.6 is 0 Å². The molecule has 0 aromatic carbocycles. The fraction of sp³-hybridized carbons (Fsp3) is 0.364. The van der Waals surface area contributed by atoms with Gasteiger partial charge < -0.3 is 15.2 Å². The average molecular weight is 221 g/mol. The smallest absolute Gasteiger partial charge is 0.253 e.